The van der Waals surface area contributed by atoms with Crippen LogP contribution in [0.3, 0.4) is 0 Å². The smallest absolute Gasteiger partial charge is 0 e. The quantitative estimate of drug-likeness (QED) is 0.321. The van der Waals surface area contributed by atoms with E-state index in [1.165, 1.54) is 0 Å². The largest absolute Gasteiger partial charge is 0 e. The molecule has 0 aliphatic heterocycles. The second-order valence-electron chi connectivity index (χ2n) is 0. The Kier molecular flexibility index (Phi) is 0. The monoisotopic (exact) mass is 1340 g/mol. The summed E-state index contributed by atoms with van der Waals surface area (Å²) in [4.78, 5) is 0. The molecule has 0 N–H and O–H groups in total. The van der Waals surface area contributed by atoms with Crippen molar-refractivity contribution in [3.05, 3.63) is 0 Å². The van der Waals surface area contributed by atoms with Crippen molar-refractivity contribution in [2.45, 2.75) is 0 Å². The molecule has 0 aromatic carbocycles. The third-order valence-electron chi connectivity index (χ3n) is 0. The summed E-state index contributed by atoms with van der Waals surface area (Å²) in [5.74, 6) is 0. The van der Waals surface area contributed by atoms with Crippen molar-refractivity contribution in [3.63, 3.8) is 0 Å². The molecule has 0 aliphatic rings. The van der Waals surface area contributed by atoms with Gasteiger partial charge in [0.1, 0.15) is 0 Å². The summed E-state index contributed by atoms with van der Waals surface area (Å²) in [5, 5.41) is 0. The van der Waals surface area contributed by atoms with Crippen molar-refractivity contribution in [2.75, 3.05) is 0 Å². The molecular formula is Rf5. The van der Waals surface area contributed by atoms with Gasteiger partial charge in [-0.05, 0) is 0 Å². The molecule has 0 spiro atoms. The Bertz CT molecular complexity index is 0. The third kappa shape index (κ3) is -0.360. The summed E-state index contributed by atoms with van der Waals surface area (Å²) in [7, 11) is 0. The fraction of sp³-hybridized carbons (Fsp3) is 0. The zero-order valence-corrected chi connectivity index (χ0v) is 35.5. The van der Waals surface area contributed by atoms with Gasteiger partial charge in [-0.25, -0.2) is 0 Å². The van der Waals surface area contributed by atoms with E-state index in [0.717, 1.165) is 0 Å². The molecular weight excluding hydrogens is 1340 g/mol. The molecule has 10 valence electrons. The molecule has 0 fully saturated rings. The molecule has 0 amide bonds. The summed E-state index contributed by atoms with van der Waals surface area (Å²) in [6.07, 6.45) is 0. The average Bonchev–Trinajstić information content (AvgIpc) is 0. The van der Waals surface area contributed by atoms with E-state index < -0.39 is 0 Å². The molecule has 0 aromatic heterocycles. The van der Waals surface area contributed by atoms with E-state index in [9.17, 15) is 0 Å². The SMILES string of the molecule is [Rf].[Rf].[Rf].[Rf].[Rf]. The second kappa shape index (κ2) is -0.160. The van der Waals surface area contributed by atoms with Crippen molar-refractivity contribution in [1.82, 2.24) is 0 Å². The van der Waals surface area contributed by atoms with Crippen LogP contribution in [-0.2, 0) is 0 Å². The van der Waals surface area contributed by atoms with Crippen LogP contribution in [0.25, 0.3) is 0 Å². The Balaban J connectivity index is 0. The van der Waals surface area contributed by atoms with Gasteiger partial charge in [-0.2, -0.15) is 0 Å². The van der Waals surface area contributed by atoms with E-state index in [4.69, 9.17) is 0 Å². The molecule has 0 unspecified atom stereocenters. The summed E-state index contributed by atoms with van der Waals surface area (Å²) in [6.45, 7) is 0. The van der Waals surface area contributed by atoms with Gasteiger partial charge < -0.3 is 0 Å². The molecule has 5 heavy (non-hydrogen) atoms. The van der Waals surface area contributed by atoms with Crippen LogP contribution in [0.5, 0.6) is 0 Å². The molecule has 0 heterocycles. The molecule has 0 nitrogen and oxygen atoms in total. The zero-order valence-electron chi connectivity index (χ0n) is 3.54. The van der Waals surface area contributed by atoms with Crippen LogP contribution >= 0.6 is 0 Å². The first-order valence-corrected chi connectivity index (χ1v) is 0. The summed E-state index contributed by atoms with van der Waals surface area (Å²) in [6, 6.07) is 0. The molecule has 0 atom stereocenters. The molecule has 0 rings (SSSR count). The first-order valence-electron chi connectivity index (χ1n) is 0. The Morgan fingerprint density at radius 3 is 0.200 bits per heavy atom. The number of hydrogen-bond donors (Lipinski definition) is 0. The topological polar surface area (TPSA) is 0 Å². The van der Waals surface area contributed by atoms with Crippen LogP contribution in [0.4, 0.5) is 0 Å². The van der Waals surface area contributed by atoms with Gasteiger partial charge >= 0.3 is 0 Å². The van der Waals surface area contributed by atoms with Crippen molar-refractivity contribution in [3.8, 4) is 0 Å². The minimum Gasteiger partial charge on any atom is 0 e. The van der Waals surface area contributed by atoms with Crippen molar-refractivity contribution < 1.29 is 0 Å². The summed E-state index contributed by atoms with van der Waals surface area (Å²) < 4.78 is 0. The van der Waals surface area contributed by atoms with Gasteiger partial charge in [0.15, 0.2) is 0 Å². The Morgan fingerprint density at radius 2 is 0.200 bits per heavy atom. The summed E-state index contributed by atoms with van der Waals surface area (Å²) >= 11 is 0. The Labute approximate surface area is 0 Å². The third-order valence-corrected chi connectivity index (χ3v) is 0. The maximum atomic E-state index is 0. The van der Waals surface area contributed by atoms with Gasteiger partial charge in [-0.3, -0.25) is 0 Å². The van der Waals surface area contributed by atoms with Gasteiger partial charge in [-0.1, -0.05) is 0 Å². The fourth-order valence-corrected chi connectivity index (χ4v) is 0. The van der Waals surface area contributed by atoms with Crippen LogP contribution in [0, 0.1) is 0 Å². The maximum Gasteiger partial charge on any atom is 0 e. The normalized spacial score (nSPS) is 0. The van der Waals surface area contributed by atoms with Crippen molar-refractivity contribution in [1.29, 1.82) is 0 Å². The standard InChI is InChI=1S/5Rf. The maximum absolute atomic E-state index is 0. The van der Waals surface area contributed by atoms with Crippen LogP contribution in [0.1, 0.15) is 0 Å². The van der Waals surface area contributed by atoms with Gasteiger partial charge in [0, 0.05) is 0 Å². The van der Waals surface area contributed by atoms with E-state index in [1.54, 1.807) is 0 Å². The van der Waals surface area contributed by atoms with Gasteiger partial charge in [0.2, 0.25) is 0 Å². The van der Waals surface area contributed by atoms with Crippen LogP contribution < -0.4 is 0 Å². The van der Waals surface area contributed by atoms with Crippen LogP contribution in [0.15, 0.2) is 0 Å². The van der Waals surface area contributed by atoms with E-state index in [0.29, 0.717) is 0 Å². The second-order valence-corrected chi connectivity index (χ2v) is 0. The molecule has 0 saturated carbocycles. The Hall–Kier alpha value is -5.00. The molecule has 0 aliphatic carbocycles. The van der Waals surface area contributed by atoms with Crippen molar-refractivity contribution >= 4 is 0 Å². The predicted molar refractivity (Wildman–Crippen MR) is 0 cm³/mol. The minimum absolute atomic E-state index is 0. The molecule has 0 saturated heterocycles. The van der Waals surface area contributed by atoms with E-state index in [1.807, 2.05) is 0 Å². The first kappa shape index (κ1) is 0. The van der Waals surface area contributed by atoms with Gasteiger partial charge in [0.25, 0.3) is 0 Å². The van der Waals surface area contributed by atoms with E-state index in [-0.39, 0.29) is 0 Å². The molecule has 0 aromatic rings. The molecule has 0 radical (unpaired) electrons. The van der Waals surface area contributed by atoms with Crippen LogP contribution in [0.2, 0.25) is 0 Å². The molecule has 0 bridgehead atoms. The Morgan fingerprint density at radius 1 is 0.200 bits per heavy atom. The number of rotatable bonds is 0. The average molecular weight is 1340 g/mol. The minimum atomic E-state index is 0. The summed E-state index contributed by atoms with van der Waals surface area (Å²) in [5.41, 5.74) is 0. The zero-order chi connectivity index (χ0) is 0. The number of hydrogen-bond acceptors (Lipinski definition) is 0. The van der Waals surface area contributed by atoms with Crippen LogP contribution in [-0.4, -0.2) is 0 Å². The predicted octanol–water partition coefficient (Wildman–Crippen LogP) is 0. The van der Waals surface area contributed by atoms with Crippen molar-refractivity contribution in [2.24, 2.45) is 0 Å². The van der Waals surface area contributed by atoms with Gasteiger partial charge in [-0.15, -0.1) is 0 Å². The fourth-order valence-electron chi connectivity index (χ4n) is 0. The first-order chi connectivity index (χ1) is 0. The molecule has 5 heteroatoms. The van der Waals surface area contributed by atoms with E-state index in [2.05, 4.69) is 0 Å². The van der Waals surface area contributed by atoms with E-state index >= 15 is 0 Å². The van der Waals surface area contributed by atoms with Gasteiger partial charge in [0.05, 0.1) is 0 Å².